The van der Waals surface area contributed by atoms with E-state index in [9.17, 15) is 9.59 Å². The highest BCUT2D eigenvalue weighted by molar-refractivity contribution is 9.10. The molecule has 0 radical (unpaired) electrons. The lowest BCUT2D eigenvalue weighted by Crippen LogP contribution is -2.33. The Balaban J connectivity index is 1.64. The van der Waals surface area contributed by atoms with Gasteiger partial charge in [0.15, 0.2) is 6.10 Å². The topological polar surface area (TPSA) is 86.2 Å². The van der Waals surface area contributed by atoms with Gasteiger partial charge in [0.1, 0.15) is 17.2 Å². The molecule has 3 aromatic rings. The first kappa shape index (κ1) is 25.5. The summed E-state index contributed by atoms with van der Waals surface area (Å²) in [5.41, 5.74) is 3.31. The number of esters is 1. The van der Waals surface area contributed by atoms with Gasteiger partial charge in [-0.2, -0.15) is 5.10 Å². The molecular weight excluding hydrogens is 568 g/mol. The number of rotatable bonds is 9. The first-order valence-electron chi connectivity index (χ1n) is 10.4. The number of ether oxygens (including phenoxy) is 3. The molecule has 0 heterocycles. The maximum absolute atomic E-state index is 12.6. The van der Waals surface area contributed by atoms with Crippen molar-refractivity contribution in [1.82, 2.24) is 5.43 Å². The number of hydrogen-bond acceptors (Lipinski definition) is 6. The predicted molar refractivity (Wildman–Crippen MR) is 137 cm³/mol. The van der Waals surface area contributed by atoms with Crippen LogP contribution in [0.4, 0.5) is 0 Å². The van der Waals surface area contributed by atoms with Crippen molar-refractivity contribution in [2.45, 2.75) is 20.0 Å². The monoisotopic (exact) mass is 588 g/mol. The quantitative estimate of drug-likeness (QED) is 0.149. The SMILES string of the molecule is CCOc1ccc(C(=O)Oc2ccc(Br)cc2/C=N/NC(=O)C(C)Oc2ccc(Br)cc2)cc1. The van der Waals surface area contributed by atoms with Gasteiger partial charge in [0.2, 0.25) is 0 Å². The Kier molecular flexibility index (Phi) is 9.24. The minimum Gasteiger partial charge on any atom is -0.494 e. The molecule has 3 rings (SSSR count). The Morgan fingerprint density at radius 1 is 0.971 bits per heavy atom. The van der Waals surface area contributed by atoms with Crippen molar-refractivity contribution in [2.24, 2.45) is 5.10 Å². The number of hydrazone groups is 1. The smallest absolute Gasteiger partial charge is 0.343 e. The van der Waals surface area contributed by atoms with Crippen molar-refractivity contribution in [1.29, 1.82) is 0 Å². The van der Waals surface area contributed by atoms with Gasteiger partial charge < -0.3 is 14.2 Å². The van der Waals surface area contributed by atoms with Crippen molar-refractivity contribution in [3.8, 4) is 17.2 Å². The van der Waals surface area contributed by atoms with E-state index in [1.165, 1.54) is 6.21 Å². The molecule has 1 atom stereocenters. The van der Waals surface area contributed by atoms with E-state index < -0.39 is 18.0 Å². The van der Waals surface area contributed by atoms with Gasteiger partial charge in [0, 0.05) is 14.5 Å². The Morgan fingerprint density at radius 2 is 1.62 bits per heavy atom. The van der Waals surface area contributed by atoms with Gasteiger partial charge in [0.05, 0.1) is 18.4 Å². The molecule has 0 spiro atoms. The lowest BCUT2D eigenvalue weighted by molar-refractivity contribution is -0.127. The molecular formula is C25H22Br2N2O5. The zero-order valence-corrected chi connectivity index (χ0v) is 21.6. The van der Waals surface area contributed by atoms with Gasteiger partial charge in [-0.3, -0.25) is 4.79 Å². The van der Waals surface area contributed by atoms with Crippen LogP contribution < -0.4 is 19.6 Å². The third-order valence-corrected chi connectivity index (χ3v) is 5.47. The van der Waals surface area contributed by atoms with E-state index in [1.807, 2.05) is 19.1 Å². The average molecular weight is 590 g/mol. The second-order valence-corrected chi connectivity index (χ2v) is 8.81. The number of nitrogens with zero attached hydrogens (tertiary/aromatic N) is 1. The zero-order chi connectivity index (χ0) is 24.5. The van der Waals surface area contributed by atoms with Crippen LogP contribution in [0.1, 0.15) is 29.8 Å². The highest BCUT2D eigenvalue weighted by Gasteiger charge is 2.15. The molecule has 0 saturated heterocycles. The highest BCUT2D eigenvalue weighted by Crippen LogP contribution is 2.23. The Bertz CT molecular complexity index is 1160. The summed E-state index contributed by atoms with van der Waals surface area (Å²) in [4.78, 5) is 24.9. The average Bonchev–Trinajstić information content (AvgIpc) is 2.82. The lowest BCUT2D eigenvalue weighted by atomic mass is 10.2. The maximum Gasteiger partial charge on any atom is 0.343 e. The van der Waals surface area contributed by atoms with Crippen LogP contribution in [0.25, 0.3) is 0 Å². The Labute approximate surface area is 214 Å². The second-order valence-electron chi connectivity index (χ2n) is 6.98. The Hall–Kier alpha value is -3.17. The van der Waals surface area contributed by atoms with Crippen molar-refractivity contribution < 1.29 is 23.8 Å². The van der Waals surface area contributed by atoms with Crippen LogP contribution in [0.2, 0.25) is 0 Å². The lowest BCUT2D eigenvalue weighted by Gasteiger charge is -2.13. The number of benzene rings is 3. The fraction of sp³-hybridized carbons (Fsp3) is 0.160. The predicted octanol–water partition coefficient (Wildman–Crippen LogP) is 5.75. The molecule has 1 unspecified atom stereocenters. The summed E-state index contributed by atoms with van der Waals surface area (Å²) in [6.45, 7) is 4.05. The van der Waals surface area contributed by atoms with Crippen LogP contribution in [0.5, 0.6) is 17.2 Å². The van der Waals surface area contributed by atoms with Crippen LogP contribution >= 0.6 is 31.9 Å². The molecule has 0 fully saturated rings. The van der Waals surface area contributed by atoms with E-state index in [4.69, 9.17) is 14.2 Å². The minimum absolute atomic E-state index is 0.291. The van der Waals surface area contributed by atoms with Gasteiger partial charge in [0.25, 0.3) is 5.91 Å². The molecule has 1 N–H and O–H groups in total. The number of carbonyl (C=O) groups excluding carboxylic acids is 2. The normalized spacial score (nSPS) is 11.6. The highest BCUT2D eigenvalue weighted by atomic mass is 79.9. The number of halogens is 2. The van der Waals surface area contributed by atoms with Crippen LogP contribution in [0, 0.1) is 0 Å². The first-order valence-corrected chi connectivity index (χ1v) is 11.9. The van der Waals surface area contributed by atoms with Crippen LogP contribution in [0.15, 0.2) is 80.8 Å². The zero-order valence-electron chi connectivity index (χ0n) is 18.5. The van der Waals surface area contributed by atoms with Gasteiger partial charge in [-0.15, -0.1) is 0 Å². The summed E-state index contributed by atoms with van der Waals surface area (Å²) >= 11 is 6.74. The van der Waals surface area contributed by atoms with Gasteiger partial charge >= 0.3 is 5.97 Å². The fourth-order valence-electron chi connectivity index (χ4n) is 2.75. The Morgan fingerprint density at radius 3 is 2.29 bits per heavy atom. The molecule has 0 bridgehead atoms. The van der Waals surface area contributed by atoms with E-state index in [0.29, 0.717) is 35.0 Å². The van der Waals surface area contributed by atoms with Gasteiger partial charge in [-0.05, 0) is 80.6 Å². The molecule has 9 heteroatoms. The summed E-state index contributed by atoms with van der Waals surface area (Å²) < 4.78 is 18.2. The van der Waals surface area contributed by atoms with Crippen LogP contribution in [0.3, 0.4) is 0 Å². The number of nitrogens with one attached hydrogen (secondary N) is 1. The van der Waals surface area contributed by atoms with Crippen molar-refractivity contribution in [2.75, 3.05) is 6.61 Å². The number of amides is 1. The van der Waals surface area contributed by atoms with Gasteiger partial charge in [-0.25, -0.2) is 10.2 Å². The van der Waals surface area contributed by atoms with E-state index in [-0.39, 0.29) is 0 Å². The largest absolute Gasteiger partial charge is 0.494 e. The third-order valence-electron chi connectivity index (χ3n) is 4.45. The molecule has 1 amide bonds. The van der Waals surface area contributed by atoms with Crippen molar-refractivity contribution in [3.63, 3.8) is 0 Å². The van der Waals surface area contributed by atoms with Crippen LogP contribution in [-0.4, -0.2) is 30.8 Å². The van der Waals surface area contributed by atoms with E-state index in [1.54, 1.807) is 61.5 Å². The minimum atomic E-state index is -0.766. The van der Waals surface area contributed by atoms with Crippen molar-refractivity contribution >= 4 is 50.0 Å². The molecule has 0 aliphatic carbocycles. The molecule has 0 saturated carbocycles. The standard InChI is InChI=1S/C25H22Br2N2O5/c1-3-32-21-9-4-17(5-10-21)25(31)34-23-13-8-20(27)14-18(23)15-28-29-24(30)16(2)33-22-11-6-19(26)7-12-22/h4-16H,3H2,1-2H3,(H,29,30)/b28-15+. The molecule has 7 nitrogen and oxygen atoms in total. The van der Waals surface area contributed by atoms with E-state index in [2.05, 4.69) is 42.4 Å². The summed E-state index contributed by atoms with van der Waals surface area (Å²) in [5, 5.41) is 3.99. The summed E-state index contributed by atoms with van der Waals surface area (Å²) in [5.74, 6) is 0.567. The third kappa shape index (κ3) is 7.43. The summed E-state index contributed by atoms with van der Waals surface area (Å²) in [7, 11) is 0. The van der Waals surface area contributed by atoms with E-state index >= 15 is 0 Å². The fourth-order valence-corrected chi connectivity index (χ4v) is 3.40. The first-order chi connectivity index (χ1) is 16.4. The molecule has 0 aromatic heterocycles. The van der Waals surface area contributed by atoms with Crippen LogP contribution in [-0.2, 0) is 4.79 Å². The summed E-state index contributed by atoms with van der Waals surface area (Å²) in [6, 6.07) is 18.9. The number of hydrogen-bond donors (Lipinski definition) is 1. The van der Waals surface area contributed by atoms with Gasteiger partial charge in [-0.1, -0.05) is 31.9 Å². The maximum atomic E-state index is 12.6. The molecule has 3 aromatic carbocycles. The van der Waals surface area contributed by atoms with E-state index in [0.717, 1.165) is 8.95 Å². The second kappa shape index (κ2) is 12.3. The summed E-state index contributed by atoms with van der Waals surface area (Å²) in [6.07, 6.45) is 0.633. The van der Waals surface area contributed by atoms with Crippen molar-refractivity contribution in [3.05, 3.63) is 86.8 Å². The molecule has 0 aliphatic heterocycles. The molecule has 176 valence electrons. The molecule has 0 aliphatic rings. The molecule has 34 heavy (non-hydrogen) atoms. The number of carbonyl (C=O) groups is 2.